The Morgan fingerprint density at radius 2 is 2.22 bits per heavy atom. The molecule has 0 aromatic carbocycles. The summed E-state index contributed by atoms with van der Waals surface area (Å²) in [5.74, 6) is 0.298. The minimum absolute atomic E-state index is 0.208. The first kappa shape index (κ1) is 14.1. The molecule has 0 aliphatic rings. The fraction of sp³-hybridized carbons (Fsp3) is 0.417. The molecular formula is C12H18N4O2. The number of amides is 1. The lowest BCUT2D eigenvalue weighted by molar-refractivity contribution is 0.0957. The van der Waals surface area contributed by atoms with E-state index in [1.807, 2.05) is 0 Å². The van der Waals surface area contributed by atoms with E-state index >= 15 is 0 Å². The molecule has 6 heteroatoms. The van der Waals surface area contributed by atoms with Crippen LogP contribution in [-0.4, -0.2) is 42.7 Å². The Hall–Kier alpha value is -1.95. The number of carbonyl (C=O) groups excluding carboxylic acids is 1. The van der Waals surface area contributed by atoms with Crippen LogP contribution in [-0.2, 0) is 4.74 Å². The van der Waals surface area contributed by atoms with Gasteiger partial charge in [-0.25, -0.2) is 9.97 Å². The van der Waals surface area contributed by atoms with Gasteiger partial charge in [0, 0.05) is 39.2 Å². The monoisotopic (exact) mass is 250 g/mol. The second kappa shape index (κ2) is 8.19. The fourth-order valence-corrected chi connectivity index (χ4v) is 1.22. The molecule has 98 valence electrons. The highest BCUT2D eigenvalue weighted by Gasteiger charge is 2.05. The highest BCUT2D eigenvalue weighted by Crippen LogP contribution is 2.00. The number of anilines is 1. The van der Waals surface area contributed by atoms with E-state index in [0.717, 1.165) is 13.0 Å². The molecule has 1 aromatic heterocycles. The third kappa shape index (κ3) is 4.92. The predicted molar refractivity (Wildman–Crippen MR) is 69.5 cm³/mol. The van der Waals surface area contributed by atoms with Gasteiger partial charge in [0.1, 0.15) is 0 Å². The molecule has 6 nitrogen and oxygen atoms in total. The van der Waals surface area contributed by atoms with Crippen molar-refractivity contribution in [2.24, 2.45) is 0 Å². The molecule has 1 rings (SSSR count). The van der Waals surface area contributed by atoms with Crippen LogP contribution in [0.5, 0.6) is 0 Å². The van der Waals surface area contributed by atoms with Crippen molar-refractivity contribution in [3.63, 3.8) is 0 Å². The molecule has 1 heterocycles. The first-order valence-electron chi connectivity index (χ1n) is 5.72. The smallest absolute Gasteiger partial charge is 0.254 e. The lowest BCUT2D eigenvalue weighted by Gasteiger charge is -2.05. The van der Waals surface area contributed by atoms with Crippen LogP contribution in [0.4, 0.5) is 5.95 Å². The lowest BCUT2D eigenvalue weighted by atomic mass is 10.3. The molecular weight excluding hydrogens is 232 g/mol. The predicted octanol–water partition coefficient (Wildman–Crippen LogP) is 0.841. The Balaban J connectivity index is 2.41. The summed E-state index contributed by atoms with van der Waals surface area (Å²) in [6.45, 7) is 5.37. The number of methoxy groups -OCH3 is 1. The van der Waals surface area contributed by atoms with Crippen LogP contribution >= 0.6 is 0 Å². The minimum Gasteiger partial charge on any atom is -0.385 e. The normalized spacial score (nSPS) is 9.83. The largest absolute Gasteiger partial charge is 0.385 e. The Labute approximate surface area is 106 Å². The molecule has 0 aliphatic heterocycles. The van der Waals surface area contributed by atoms with Gasteiger partial charge >= 0.3 is 0 Å². The number of rotatable bonds is 8. The van der Waals surface area contributed by atoms with E-state index in [-0.39, 0.29) is 5.91 Å². The molecule has 0 aliphatic carbocycles. The van der Waals surface area contributed by atoms with E-state index in [2.05, 4.69) is 27.2 Å². The Morgan fingerprint density at radius 3 is 2.83 bits per heavy atom. The summed E-state index contributed by atoms with van der Waals surface area (Å²) in [5, 5.41) is 5.69. The fourth-order valence-electron chi connectivity index (χ4n) is 1.22. The van der Waals surface area contributed by atoms with Crippen molar-refractivity contribution in [2.75, 3.05) is 32.1 Å². The average Bonchev–Trinajstić information content (AvgIpc) is 2.41. The van der Waals surface area contributed by atoms with Gasteiger partial charge in [-0.1, -0.05) is 6.08 Å². The summed E-state index contributed by atoms with van der Waals surface area (Å²) in [4.78, 5) is 19.6. The van der Waals surface area contributed by atoms with Gasteiger partial charge in [-0.05, 0) is 6.42 Å². The Morgan fingerprint density at radius 1 is 1.50 bits per heavy atom. The van der Waals surface area contributed by atoms with Gasteiger partial charge in [0.2, 0.25) is 5.95 Å². The summed E-state index contributed by atoms with van der Waals surface area (Å²) in [7, 11) is 1.66. The van der Waals surface area contributed by atoms with Crippen molar-refractivity contribution in [1.82, 2.24) is 15.3 Å². The van der Waals surface area contributed by atoms with Crippen LogP contribution in [0, 0.1) is 0 Å². The molecule has 0 atom stereocenters. The average molecular weight is 250 g/mol. The van der Waals surface area contributed by atoms with E-state index in [9.17, 15) is 4.79 Å². The van der Waals surface area contributed by atoms with Crippen molar-refractivity contribution in [3.8, 4) is 0 Å². The number of aromatic nitrogens is 2. The molecule has 1 amide bonds. The molecule has 1 aromatic rings. The number of nitrogens with zero attached hydrogens (tertiary/aromatic N) is 2. The number of ether oxygens (including phenoxy) is 1. The molecule has 18 heavy (non-hydrogen) atoms. The highest BCUT2D eigenvalue weighted by atomic mass is 16.5. The van der Waals surface area contributed by atoms with Crippen LogP contribution in [0.2, 0.25) is 0 Å². The zero-order valence-corrected chi connectivity index (χ0v) is 10.5. The molecule has 0 saturated carbocycles. The molecule has 0 fully saturated rings. The van der Waals surface area contributed by atoms with Crippen molar-refractivity contribution < 1.29 is 9.53 Å². The molecule has 0 radical (unpaired) electrons. The first-order chi connectivity index (χ1) is 8.77. The molecule has 0 spiro atoms. The van der Waals surface area contributed by atoms with Crippen LogP contribution in [0.15, 0.2) is 25.0 Å². The Kier molecular flexibility index (Phi) is 6.42. The van der Waals surface area contributed by atoms with E-state index in [4.69, 9.17) is 4.74 Å². The number of nitrogens with one attached hydrogen (secondary N) is 2. The molecule has 0 bridgehead atoms. The van der Waals surface area contributed by atoms with E-state index < -0.39 is 0 Å². The summed E-state index contributed by atoms with van der Waals surface area (Å²) in [6, 6.07) is 0. The number of carbonyl (C=O) groups is 1. The van der Waals surface area contributed by atoms with Crippen LogP contribution in [0.25, 0.3) is 0 Å². The van der Waals surface area contributed by atoms with Crippen molar-refractivity contribution >= 4 is 11.9 Å². The van der Waals surface area contributed by atoms with Crippen LogP contribution in [0.3, 0.4) is 0 Å². The van der Waals surface area contributed by atoms with Gasteiger partial charge < -0.3 is 15.4 Å². The van der Waals surface area contributed by atoms with Crippen LogP contribution < -0.4 is 10.6 Å². The van der Waals surface area contributed by atoms with Crippen molar-refractivity contribution in [2.45, 2.75) is 6.42 Å². The maximum absolute atomic E-state index is 11.5. The highest BCUT2D eigenvalue weighted by molar-refractivity contribution is 5.93. The zero-order valence-electron chi connectivity index (χ0n) is 10.5. The summed E-state index contributed by atoms with van der Waals surface area (Å²) in [5.41, 5.74) is 0.430. The first-order valence-corrected chi connectivity index (χ1v) is 5.72. The van der Waals surface area contributed by atoms with Gasteiger partial charge in [0.15, 0.2) is 0 Å². The van der Waals surface area contributed by atoms with Gasteiger partial charge in [0.05, 0.1) is 5.56 Å². The summed E-state index contributed by atoms with van der Waals surface area (Å²) in [6.07, 6.45) is 5.47. The van der Waals surface area contributed by atoms with Gasteiger partial charge in [-0.2, -0.15) is 0 Å². The maximum Gasteiger partial charge on any atom is 0.254 e. The quantitative estimate of drug-likeness (QED) is 0.528. The van der Waals surface area contributed by atoms with E-state index in [0.29, 0.717) is 24.7 Å². The van der Waals surface area contributed by atoms with Crippen molar-refractivity contribution in [1.29, 1.82) is 0 Å². The van der Waals surface area contributed by atoms with E-state index in [1.165, 1.54) is 12.4 Å². The topological polar surface area (TPSA) is 76.1 Å². The zero-order chi connectivity index (χ0) is 13.2. The minimum atomic E-state index is -0.208. The number of hydrogen-bond donors (Lipinski definition) is 2. The SMILES string of the molecule is C=CCNC(=O)c1cnc(NCCCOC)nc1. The van der Waals surface area contributed by atoms with E-state index in [1.54, 1.807) is 13.2 Å². The standard InChI is InChI=1S/C12H18N4O2/c1-3-5-13-11(17)10-8-15-12(16-9-10)14-6-4-7-18-2/h3,8-9H,1,4-7H2,2H3,(H,13,17)(H,14,15,16). The second-order valence-corrected chi connectivity index (χ2v) is 3.57. The maximum atomic E-state index is 11.5. The Bertz CT molecular complexity index is 378. The van der Waals surface area contributed by atoms with Gasteiger partial charge in [-0.15, -0.1) is 6.58 Å². The van der Waals surface area contributed by atoms with Gasteiger partial charge in [-0.3, -0.25) is 4.79 Å². The summed E-state index contributed by atoms with van der Waals surface area (Å²) < 4.78 is 4.93. The second-order valence-electron chi connectivity index (χ2n) is 3.57. The number of hydrogen-bond acceptors (Lipinski definition) is 5. The lowest BCUT2D eigenvalue weighted by Crippen LogP contribution is -2.23. The third-order valence-corrected chi connectivity index (χ3v) is 2.13. The van der Waals surface area contributed by atoms with Gasteiger partial charge in [0.25, 0.3) is 5.91 Å². The third-order valence-electron chi connectivity index (χ3n) is 2.13. The van der Waals surface area contributed by atoms with Crippen molar-refractivity contribution in [3.05, 3.63) is 30.6 Å². The molecule has 0 unspecified atom stereocenters. The summed E-state index contributed by atoms with van der Waals surface area (Å²) >= 11 is 0. The van der Waals surface area contributed by atoms with Crippen LogP contribution in [0.1, 0.15) is 16.8 Å². The molecule has 2 N–H and O–H groups in total. The molecule has 0 saturated heterocycles.